The lowest BCUT2D eigenvalue weighted by molar-refractivity contribution is -0.138. The molecule has 2 unspecified atom stereocenters. The Balaban J connectivity index is 4.41. The van der Waals surface area contributed by atoms with Crippen LogP contribution < -0.4 is 0 Å². The van der Waals surface area contributed by atoms with Crippen LogP contribution >= 0.6 is 35.3 Å². The first kappa shape index (κ1) is 20.5. The van der Waals surface area contributed by atoms with Gasteiger partial charge in [-0.25, -0.2) is 9.59 Å². The van der Waals surface area contributed by atoms with Gasteiger partial charge in [0.2, 0.25) is 0 Å². The Morgan fingerprint density at radius 2 is 1.33 bits per heavy atom. The van der Waals surface area contributed by atoms with Crippen LogP contribution in [0.5, 0.6) is 0 Å². The molecule has 120 valence electrons. The summed E-state index contributed by atoms with van der Waals surface area (Å²) in [5.41, 5.74) is 0. The van der Waals surface area contributed by atoms with Gasteiger partial charge in [-0.15, -0.1) is 35.3 Å². The Kier molecular flexibility index (Phi) is 12.8. The molecule has 0 aromatic rings. The summed E-state index contributed by atoms with van der Waals surface area (Å²) in [6.45, 7) is 11.5. The summed E-state index contributed by atoms with van der Waals surface area (Å²) in [6.07, 6.45) is 2.31. The van der Waals surface area contributed by atoms with Gasteiger partial charge < -0.3 is 9.47 Å². The predicted octanol–water partition coefficient (Wildman–Crippen LogP) is 3.34. The number of ether oxygens (including phenoxy) is 2. The second-order valence-corrected chi connectivity index (χ2v) is 8.54. The zero-order valence-corrected chi connectivity index (χ0v) is 14.9. The van der Waals surface area contributed by atoms with Crippen LogP contribution in [-0.2, 0) is 19.1 Å². The van der Waals surface area contributed by atoms with Crippen LogP contribution in [0.15, 0.2) is 25.3 Å². The van der Waals surface area contributed by atoms with Gasteiger partial charge in [0.25, 0.3) is 0 Å². The van der Waals surface area contributed by atoms with Gasteiger partial charge in [-0.1, -0.05) is 27.0 Å². The van der Waals surface area contributed by atoms with E-state index in [0.29, 0.717) is 13.2 Å². The summed E-state index contributed by atoms with van der Waals surface area (Å²) in [5, 5.41) is 0. The molecule has 0 spiro atoms. The van der Waals surface area contributed by atoms with E-state index in [1.165, 1.54) is 0 Å². The van der Waals surface area contributed by atoms with Gasteiger partial charge in [0.05, 0.1) is 9.16 Å². The first-order valence-electron chi connectivity index (χ1n) is 6.54. The first-order chi connectivity index (χ1) is 10.1. The summed E-state index contributed by atoms with van der Waals surface area (Å²) < 4.78 is 10.4. The third kappa shape index (κ3) is 10.8. The summed E-state index contributed by atoms with van der Waals surface area (Å²) in [4.78, 5) is 22.3. The van der Waals surface area contributed by atoms with E-state index in [0.717, 1.165) is 23.7 Å². The largest absolute Gasteiger partial charge is 0.460 e. The van der Waals surface area contributed by atoms with Crippen molar-refractivity contribution < 1.29 is 19.1 Å². The lowest BCUT2D eigenvalue weighted by Gasteiger charge is -2.21. The molecule has 0 aliphatic heterocycles. The second-order valence-electron chi connectivity index (χ2n) is 3.57. The van der Waals surface area contributed by atoms with Crippen LogP contribution in [0.25, 0.3) is 0 Å². The van der Waals surface area contributed by atoms with Gasteiger partial charge in [0.1, 0.15) is 13.2 Å². The van der Waals surface area contributed by atoms with Gasteiger partial charge in [-0.2, -0.15) is 0 Å². The molecule has 0 saturated carbocycles. The van der Waals surface area contributed by atoms with E-state index in [-0.39, 0.29) is 9.16 Å². The molecule has 0 aliphatic carbocycles. The van der Waals surface area contributed by atoms with Gasteiger partial charge in [-0.3, -0.25) is 0 Å². The number of hydrogen-bond donors (Lipinski definition) is 0. The molecule has 0 radical (unpaired) electrons. The average Bonchev–Trinajstić information content (AvgIpc) is 2.49. The second kappa shape index (κ2) is 13.2. The molecule has 0 amide bonds. The highest BCUT2D eigenvalue weighted by atomic mass is 32.2. The van der Waals surface area contributed by atoms with E-state index >= 15 is 0 Å². The molecular weight excluding hydrogens is 328 g/mol. The fourth-order valence-corrected chi connectivity index (χ4v) is 5.38. The van der Waals surface area contributed by atoms with Crippen molar-refractivity contribution in [3.05, 3.63) is 25.3 Å². The van der Waals surface area contributed by atoms with Gasteiger partial charge >= 0.3 is 11.9 Å². The highest BCUT2D eigenvalue weighted by Gasteiger charge is 2.20. The molecule has 7 heteroatoms. The Morgan fingerprint density at radius 3 is 1.62 bits per heavy atom. The molecular formula is C14H22O4S3. The van der Waals surface area contributed by atoms with Crippen molar-refractivity contribution in [1.29, 1.82) is 0 Å². The minimum atomic E-state index is -0.421. The summed E-state index contributed by atoms with van der Waals surface area (Å²) >= 11 is 5.05. The highest BCUT2D eigenvalue weighted by molar-refractivity contribution is 8.24. The van der Waals surface area contributed by atoms with E-state index in [1.54, 1.807) is 35.3 Å². The molecule has 2 atom stereocenters. The lowest BCUT2D eigenvalue weighted by Crippen LogP contribution is -2.19. The van der Waals surface area contributed by atoms with Crippen molar-refractivity contribution in [2.75, 3.05) is 24.7 Å². The van der Waals surface area contributed by atoms with Gasteiger partial charge in [0, 0.05) is 12.2 Å². The van der Waals surface area contributed by atoms with Gasteiger partial charge in [-0.05, 0) is 11.5 Å². The quantitative estimate of drug-likeness (QED) is 0.304. The number of esters is 2. The maximum atomic E-state index is 11.1. The van der Waals surface area contributed by atoms with E-state index < -0.39 is 11.9 Å². The lowest BCUT2D eigenvalue weighted by atomic mass is 10.6. The SMILES string of the molecule is C=CC(=O)OCC(SCC)SC(COC(=O)C=C)SCC. The van der Waals surface area contributed by atoms with E-state index in [2.05, 4.69) is 13.2 Å². The molecule has 0 aromatic heterocycles. The monoisotopic (exact) mass is 350 g/mol. The molecule has 0 saturated heterocycles. The number of carbonyl (C=O) groups is 2. The molecule has 0 aromatic carbocycles. The van der Waals surface area contributed by atoms with Crippen molar-refractivity contribution in [3.63, 3.8) is 0 Å². The number of rotatable bonds is 12. The summed E-state index contributed by atoms with van der Waals surface area (Å²) in [7, 11) is 0. The Morgan fingerprint density at radius 1 is 0.952 bits per heavy atom. The van der Waals surface area contributed by atoms with Crippen molar-refractivity contribution in [3.8, 4) is 0 Å². The molecule has 0 N–H and O–H groups in total. The zero-order chi connectivity index (χ0) is 16.1. The van der Waals surface area contributed by atoms with Gasteiger partial charge in [0.15, 0.2) is 0 Å². The molecule has 0 fully saturated rings. The Hall–Kier alpha value is -0.530. The predicted molar refractivity (Wildman–Crippen MR) is 93.7 cm³/mol. The zero-order valence-electron chi connectivity index (χ0n) is 12.4. The molecule has 0 aliphatic rings. The van der Waals surface area contributed by atoms with Crippen molar-refractivity contribution in [2.45, 2.75) is 23.0 Å². The van der Waals surface area contributed by atoms with Crippen molar-refractivity contribution >= 4 is 47.2 Å². The maximum absolute atomic E-state index is 11.1. The Bertz CT molecular complexity index is 315. The van der Waals surface area contributed by atoms with Crippen LogP contribution in [0.4, 0.5) is 0 Å². The summed E-state index contributed by atoms with van der Waals surface area (Å²) in [6, 6.07) is 0. The third-order valence-corrected chi connectivity index (χ3v) is 6.11. The van der Waals surface area contributed by atoms with E-state index in [9.17, 15) is 9.59 Å². The molecule has 0 rings (SSSR count). The average molecular weight is 351 g/mol. The Labute approximate surface area is 139 Å². The summed E-state index contributed by atoms with van der Waals surface area (Å²) in [5.74, 6) is 0.989. The highest BCUT2D eigenvalue weighted by Crippen LogP contribution is 2.33. The standard InChI is InChI=1S/C14H22O4S3/c1-5-11(15)17-9-13(19-7-3)21-14(20-8-4)10-18-12(16)6-2/h5-6,13-14H,1-2,7-10H2,3-4H3. The van der Waals surface area contributed by atoms with Crippen LogP contribution in [0.3, 0.4) is 0 Å². The van der Waals surface area contributed by atoms with Crippen LogP contribution in [-0.4, -0.2) is 45.8 Å². The van der Waals surface area contributed by atoms with Crippen LogP contribution in [0.1, 0.15) is 13.8 Å². The fourth-order valence-electron chi connectivity index (χ4n) is 1.21. The van der Waals surface area contributed by atoms with Crippen molar-refractivity contribution in [1.82, 2.24) is 0 Å². The molecule has 21 heavy (non-hydrogen) atoms. The molecule has 0 bridgehead atoms. The third-order valence-electron chi connectivity index (χ3n) is 2.07. The number of hydrogen-bond acceptors (Lipinski definition) is 7. The topological polar surface area (TPSA) is 52.6 Å². The smallest absolute Gasteiger partial charge is 0.330 e. The van der Waals surface area contributed by atoms with Crippen LogP contribution in [0.2, 0.25) is 0 Å². The number of thioether (sulfide) groups is 3. The van der Waals surface area contributed by atoms with Crippen molar-refractivity contribution in [2.24, 2.45) is 0 Å². The minimum absolute atomic E-state index is 0.102. The fraction of sp³-hybridized carbons (Fsp3) is 0.571. The van der Waals surface area contributed by atoms with E-state index in [1.807, 2.05) is 13.8 Å². The van der Waals surface area contributed by atoms with Crippen LogP contribution in [0, 0.1) is 0 Å². The normalized spacial score (nSPS) is 13.0. The minimum Gasteiger partial charge on any atom is -0.460 e. The maximum Gasteiger partial charge on any atom is 0.330 e. The number of carbonyl (C=O) groups excluding carboxylic acids is 2. The first-order valence-corrected chi connectivity index (χ1v) is 9.58. The van der Waals surface area contributed by atoms with E-state index in [4.69, 9.17) is 9.47 Å². The molecule has 0 heterocycles. The molecule has 4 nitrogen and oxygen atoms in total.